The zero-order valence-electron chi connectivity index (χ0n) is 13.3. The minimum Gasteiger partial charge on any atom is -0.486 e. The number of piperazine rings is 1. The molecule has 0 radical (unpaired) electrons. The van der Waals surface area contributed by atoms with Gasteiger partial charge in [0.2, 0.25) is 5.95 Å². The molecule has 0 aliphatic carbocycles. The van der Waals surface area contributed by atoms with Crippen molar-refractivity contribution in [3.63, 3.8) is 0 Å². The van der Waals surface area contributed by atoms with E-state index in [2.05, 4.69) is 20.2 Å². The highest BCUT2D eigenvalue weighted by molar-refractivity contribution is 5.41. The normalized spacial score (nSPS) is 20.0. The summed E-state index contributed by atoms with van der Waals surface area (Å²) >= 11 is 0. The molecule has 1 aromatic heterocycles. The van der Waals surface area contributed by atoms with Crippen LogP contribution in [0.3, 0.4) is 0 Å². The SMILES string of the molecule is O=c1[nH]c(N2CCNCC2)ncc1CC1COc2ccccc2O1. The number of hydrogen-bond acceptors (Lipinski definition) is 6. The third-order valence-electron chi connectivity index (χ3n) is 4.29. The number of ether oxygens (including phenoxy) is 2. The quantitative estimate of drug-likeness (QED) is 0.857. The van der Waals surface area contributed by atoms with Crippen LogP contribution in [0.1, 0.15) is 5.56 Å². The number of anilines is 1. The highest BCUT2D eigenvalue weighted by Crippen LogP contribution is 2.31. The maximum atomic E-state index is 12.4. The van der Waals surface area contributed by atoms with Crippen molar-refractivity contribution >= 4 is 5.95 Å². The summed E-state index contributed by atoms with van der Waals surface area (Å²) in [5, 5.41) is 3.28. The predicted octanol–water partition coefficient (Wildman–Crippen LogP) is 0.562. The number of rotatable bonds is 3. The van der Waals surface area contributed by atoms with E-state index in [0.717, 1.165) is 37.7 Å². The van der Waals surface area contributed by atoms with Gasteiger partial charge in [-0.1, -0.05) is 12.1 Å². The minimum atomic E-state index is -0.187. The number of nitrogens with one attached hydrogen (secondary N) is 2. The Balaban J connectivity index is 1.46. The molecule has 2 N–H and O–H groups in total. The summed E-state index contributed by atoms with van der Waals surface area (Å²) in [4.78, 5) is 21.8. The van der Waals surface area contributed by atoms with Gasteiger partial charge in [-0.2, -0.15) is 0 Å². The van der Waals surface area contributed by atoms with Crippen LogP contribution in [0.2, 0.25) is 0 Å². The summed E-state index contributed by atoms with van der Waals surface area (Å²) in [6.45, 7) is 3.92. The molecule has 1 atom stereocenters. The van der Waals surface area contributed by atoms with Crippen molar-refractivity contribution in [3.05, 3.63) is 46.4 Å². The van der Waals surface area contributed by atoms with Crippen molar-refractivity contribution < 1.29 is 9.47 Å². The van der Waals surface area contributed by atoms with Crippen LogP contribution in [0.15, 0.2) is 35.3 Å². The van der Waals surface area contributed by atoms with Crippen molar-refractivity contribution in [3.8, 4) is 11.5 Å². The smallest absolute Gasteiger partial charge is 0.255 e. The maximum Gasteiger partial charge on any atom is 0.255 e. The number of aromatic nitrogens is 2. The molecule has 2 aliphatic rings. The van der Waals surface area contributed by atoms with Crippen molar-refractivity contribution in [2.75, 3.05) is 37.7 Å². The van der Waals surface area contributed by atoms with E-state index in [1.165, 1.54) is 0 Å². The highest BCUT2D eigenvalue weighted by atomic mass is 16.6. The predicted molar refractivity (Wildman–Crippen MR) is 90.0 cm³/mol. The van der Waals surface area contributed by atoms with Gasteiger partial charge in [0.05, 0.1) is 0 Å². The van der Waals surface area contributed by atoms with Gasteiger partial charge in [0.25, 0.3) is 5.56 Å². The van der Waals surface area contributed by atoms with Crippen LogP contribution in [0.25, 0.3) is 0 Å². The second-order valence-electron chi connectivity index (χ2n) is 6.00. The molecular weight excluding hydrogens is 308 g/mol. The van der Waals surface area contributed by atoms with Crippen LogP contribution in [-0.4, -0.2) is 48.9 Å². The third-order valence-corrected chi connectivity index (χ3v) is 4.29. The van der Waals surface area contributed by atoms with E-state index in [0.29, 0.717) is 24.5 Å². The van der Waals surface area contributed by atoms with Crippen LogP contribution in [0.4, 0.5) is 5.95 Å². The third kappa shape index (κ3) is 3.07. The van der Waals surface area contributed by atoms with Gasteiger partial charge in [-0.05, 0) is 12.1 Å². The first-order chi connectivity index (χ1) is 11.8. The number of para-hydroxylation sites is 2. The van der Waals surface area contributed by atoms with Gasteiger partial charge < -0.3 is 19.7 Å². The van der Waals surface area contributed by atoms with Crippen molar-refractivity contribution in [1.82, 2.24) is 15.3 Å². The number of H-pyrrole nitrogens is 1. The van der Waals surface area contributed by atoms with E-state index in [-0.39, 0.29) is 11.7 Å². The molecular formula is C17H20N4O3. The molecule has 2 aliphatic heterocycles. The summed E-state index contributed by atoms with van der Waals surface area (Å²) in [7, 11) is 0. The lowest BCUT2D eigenvalue weighted by Crippen LogP contribution is -2.45. The largest absolute Gasteiger partial charge is 0.486 e. The number of hydrogen-bond donors (Lipinski definition) is 2. The van der Waals surface area contributed by atoms with Gasteiger partial charge in [0.1, 0.15) is 12.7 Å². The maximum absolute atomic E-state index is 12.4. The molecule has 1 fully saturated rings. The molecule has 0 spiro atoms. The lowest BCUT2D eigenvalue weighted by atomic mass is 10.1. The molecule has 0 amide bonds. The first kappa shape index (κ1) is 15.0. The minimum absolute atomic E-state index is 0.110. The van der Waals surface area contributed by atoms with Gasteiger partial charge in [-0.15, -0.1) is 0 Å². The summed E-state index contributed by atoms with van der Waals surface area (Å²) in [5.74, 6) is 2.10. The zero-order valence-corrected chi connectivity index (χ0v) is 13.3. The Hall–Kier alpha value is -2.54. The van der Waals surface area contributed by atoms with E-state index < -0.39 is 0 Å². The second kappa shape index (κ2) is 6.52. The molecule has 1 unspecified atom stereocenters. The molecule has 0 saturated carbocycles. The molecule has 126 valence electrons. The molecule has 24 heavy (non-hydrogen) atoms. The topological polar surface area (TPSA) is 79.5 Å². The van der Waals surface area contributed by atoms with E-state index in [1.807, 2.05) is 24.3 Å². The average molecular weight is 328 g/mol. The molecule has 1 saturated heterocycles. The first-order valence-electron chi connectivity index (χ1n) is 8.22. The first-order valence-corrected chi connectivity index (χ1v) is 8.22. The molecule has 3 heterocycles. The van der Waals surface area contributed by atoms with E-state index in [1.54, 1.807) is 6.20 Å². The number of benzene rings is 1. The fourth-order valence-electron chi connectivity index (χ4n) is 3.00. The number of nitrogens with zero attached hydrogens (tertiary/aromatic N) is 2. The molecule has 4 rings (SSSR count). The van der Waals surface area contributed by atoms with Crippen LogP contribution < -0.4 is 25.2 Å². The van der Waals surface area contributed by atoms with Crippen LogP contribution >= 0.6 is 0 Å². The van der Waals surface area contributed by atoms with Gasteiger partial charge in [-0.25, -0.2) is 4.98 Å². The highest BCUT2D eigenvalue weighted by Gasteiger charge is 2.22. The van der Waals surface area contributed by atoms with Gasteiger partial charge >= 0.3 is 0 Å². The summed E-state index contributed by atoms with van der Waals surface area (Å²) in [6.07, 6.45) is 1.94. The molecule has 2 aromatic rings. The Morgan fingerprint density at radius 1 is 1.21 bits per heavy atom. The molecule has 7 heteroatoms. The number of aromatic amines is 1. The molecule has 0 bridgehead atoms. The zero-order chi connectivity index (χ0) is 16.4. The monoisotopic (exact) mass is 328 g/mol. The fraction of sp³-hybridized carbons (Fsp3) is 0.412. The van der Waals surface area contributed by atoms with Crippen molar-refractivity contribution in [2.45, 2.75) is 12.5 Å². The Bertz CT molecular complexity index is 770. The second-order valence-corrected chi connectivity index (χ2v) is 6.00. The van der Waals surface area contributed by atoms with Gasteiger partial charge in [-0.3, -0.25) is 9.78 Å². The van der Waals surface area contributed by atoms with Crippen LogP contribution in [0, 0.1) is 0 Å². The van der Waals surface area contributed by atoms with E-state index in [9.17, 15) is 4.79 Å². The van der Waals surface area contributed by atoms with E-state index >= 15 is 0 Å². The Labute approximate surface area is 139 Å². The standard InChI is InChI=1S/C17H20N4O3/c22-16-12(10-19-17(20-16)21-7-5-18-6-8-21)9-13-11-23-14-3-1-2-4-15(14)24-13/h1-4,10,13,18H,5-9,11H2,(H,19,20,22). The number of fused-ring (bicyclic) bond motifs is 1. The summed E-state index contributed by atoms with van der Waals surface area (Å²) in [5.41, 5.74) is 0.503. The summed E-state index contributed by atoms with van der Waals surface area (Å²) < 4.78 is 11.6. The van der Waals surface area contributed by atoms with Crippen LogP contribution in [0.5, 0.6) is 11.5 Å². The van der Waals surface area contributed by atoms with Crippen molar-refractivity contribution in [1.29, 1.82) is 0 Å². The Kier molecular flexibility index (Phi) is 4.08. The summed E-state index contributed by atoms with van der Waals surface area (Å²) in [6, 6.07) is 7.56. The Morgan fingerprint density at radius 2 is 2.00 bits per heavy atom. The van der Waals surface area contributed by atoms with Crippen molar-refractivity contribution in [2.24, 2.45) is 0 Å². The lowest BCUT2D eigenvalue weighted by Gasteiger charge is -2.28. The van der Waals surface area contributed by atoms with Crippen LogP contribution in [-0.2, 0) is 6.42 Å². The average Bonchev–Trinajstić information content (AvgIpc) is 2.64. The van der Waals surface area contributed by atoms with E-state index in [4.69, 9.17) is 9.47 Å². The lowest BCUT2D eigenvalue weighted by molar-refractivity contribution is 0.0910. The Morgan fingerprint density at radius 3 is 2.79 bits per heavy atom. The molecule has 1 aromatic carbocycles. The van der Waals surface area contributed by atoms with Gasteiger partial charge in [0, 0.05) is 44.4 Å². The van der Waals surface area contributed by atoms with Gasteiger partial charge in [0.15, 0.2) is 11.5 Å². The molecule has 7 nitrogen and oxygen atoms in total. The fourth-order valence-corrected chi connectivity index (χ4v) is 3.00.